The van der Waals surface area contributed by atoms with Crippen molar-refractivity contribution in [2.45, 2.75) is 53.0 Å². The quantitative estimate of drug-likeness (QED) is 0.652. The number of amides is 3. The van der Waals surface area contributed by atoms with E-state index in [2.05, 4.69) is 5.32 Å². The number of likely N-dealkylation sites (tertiary alicyclic amines) is 1. The predicted octanol–water partition coefficient (Wildman–Crippen LogP) is 2.95. The van der Waals surface area contributed by atoms with E-state index in [0.717, 1.165) is 0 Å². The van der Waals surface area contributed by atoms with Crippen molar-refractivity contribution in [1.29, 1.82) is 0 Å². The van der Waals surface area contributed by atoms with Crippen molar-refractivity contribution in [3.05, 3.63) is 29.8 Å². The number of rotatable bonds is 9. The van der Waals surface area contributed by atoms with Crippen molar-refractivity contribution in [1.82, 2.24) is 15.1 Å². The van der Waals surface area contributed by atoms with Crippen molar-refractivity contribution in [3.63, 3.8) is 0 Å². The van der Waals surface area contributed by atoms with Crippen LogP contribution >= 0.6 is 0 Å². The number of nitrogens with zero attached hydrogens (tertiary/aromatic N) is 2. The summed E-state index contributed by atoms with van der Waals surface area (Å²) in [6.45, 7) is 10.2. The Balaban J connectivity index is 2.08. The van der Waals surface area contributed by atoms with Crippen LogP contribution in [0.2, 0.25) is 0 Å². The van der Waals surface area contributed by atoms with E-state index in [1.807, 2.05) is 44.7 Å². The lowest BCUT2D eigenvalue weighted by atomic mass is 9.87. The number of carbonyl (C=O) groups is 3. The average Bonchev–Trinajstić information content (AvgIpc) is 2.77. The lowest BCUT2D eigenvalue weighted by Crippen LogP contribution is -2.54. The minimum absolute atomic E-state index is 0.0126. The molecule has 172 valence electrons. The highest BCUT2D eigenvalue weighted by atomic mass is 16.5. The zero-order valence-electron chi connectivity index (χ0n) is 19.5. The molecule has 3 amide bonds. The van der Waals surface area contributed by atoms with E-state index in [1.165, 1.54) is 0 Å². The molecule has 1 atom stereocenters. The normalized spacial score (nSPS) is 15.5. The van der Waals surface area contributed by atoms with Gasteiger partial charge < -0.3 is 19.9 Å². The molecule has 0 unspecified atom stereocenters. The number of likely N-dealkylation sites (N-methyl/N-ethyl adjacent to an activating group) is 1. The first kappa shape index (κ1) is 24.7. The van der Waals surface area contributed by atoms with Gasteiger partial charge in [-0.15, -0.1) is 0 Å². The van der Waals surface area contributed by atoms with Crippen LogP contribution in [0.1, 0.15) is 57.3 Å². The standard InChI is InChI=1S/C24H37N3O4/c1-6-26(7-2)24(30)22(25-21(28)15-17(3)4)18-11-13-27(14-12-18)23(29)19-9-8-10-20(16-19)31-5/h8-10,16-18,22H,6-7,11-15H2,1-5H3,(H,25,28)/t22-/m0/s1. The fourth-order valence-corrected chi connectivity index (χ4v) is 4.09. The monoisotopic (exact) mass is 431 g/mol. The van der Waals surface area contributed by atoms with Gasteiger partial charge in [0.25, 0.3) is 5.91 Å². The largest absolute Gasteiger partial charge is 0.497 e. The molecule has 7 nitrogen and oxygen atoms in total. The van der Waals surface area contributed by atoms with E-state index in [9.17, 15) is 14.4 Å². The van der Waals surface area contributed by atoms with Crippen LogP contribution in [0.4, 0.5) is 0 Å². The Morgan fingerprint density at radius 3 is 2.35 bits per heavy atom. The summed E-state index contributed by atoms with van der Waals surface area (Å²) in [7, 11) is 1.58. The molecule has 0 radical (unpaired) electrons. The predicted molar refractivity (Wildman–Crippen MR) is 121 cm³/mol. The number of benzene rings is 1. The average molecular weight is 432 g/mol. The number of hydrogen-bond acceptors (Lipinski definition) is 4. The van der Waals surface area contributed by atoms with Crippen LogP contribution in [-0.2, 0) is 9.59 Å². The van der Waals surface area contributed by atoms with Gasteiger partial charge in [0.1, 0.15) is 11.8 Å². The molecule has 1 saturated heterocycles. The molecule has 0 aliphatic carbocycles. The molecule has 0 bridgehead atoms. The first-order valence-electron chi connectivity index (χ1n) is 11.3. The second-order valence-electron chi connectivity index (χ2n) is 8.52. The summed E-state index contributed by atoms with van der Waals surface area (Å²) in [5.74, 6) is 0.742. The third-order valence-electron chi connectivity index (χ3n) is 5.87. The minimum Gasteiger partial charge on any atom is -0.497 e. The second kappa shape index (κ2) is 11.7. The van der Waals surface area contributed by atoms with Crippen LogP contribution in [-0.4, -0.2) is 66.9 Å². The van der Waals surface area contributed by atoms with Crippen molar-refractivity contribution < 1.29 is 19.1 Å². The van der Waals surface area contributed by atoms with E-state index < -0.39 is 6.04 Å². The second-order valence-corrected chi connectivity index (χ2v) is 8.52. The summed E-state index contributed by atoms with van der Waals surface area (Å²) in [5, 5.41) is 3.01. The zero-order valence-corrected chi connectivity index (χ0v) is 19.5. The molecule has 2 rings (SSSR count). The molecule has 1 aromatic rings. The topological polar surface area (TPSA) is 79.0 Å². The molecule has 0 spiro atoms. The van der Waals surface area contributed by atoms with Gasteiger partial charge in [-0.1, -0.05) is 19.9 Å². The molecular formula is C24H37N3O4. The molecule has 1 fully saturated rings. The smallest absolute Gasteiger partial charge is 0.253 e. The summed E-state index contributed by atoms with van der Waals surface area (Å²) in [6, 6.07) is 6.61. The maximum atomic E-state index is 13.2. The zero-order chi connectivity index (χ0) is 23.0. The molecule has 1 aromatic carbocycles. The molecule has 1 aliphatic rings. The number of nitrogens with one attached hydrogen (secondary N) is 1. The lowest BCUT2D eigenvalue weighted by Gasteiger charge is -2.37. The summed E-state index contributed by atoms with van der Waals surface area (Å²) < 4.78 is 5.22. The number of carbonyl (C=O) groups excluding carboxylic acids is 3. The Hall–Kier alpha value is -2.57. The summed E-state index contributed by atoms with van der Waals surface area (Å²) in [6.07, 6.45) is 1.75. The Morgan fingerprint density at radius 1 is 1.16 bits per heavy atom. The van der Waals surface area contributed by atoms with Crippen molar-refractivity contribution in [2.75, 3.05) is 33.3 Å². The van der Waals surface area contributed by atoms with Crippen LogP contribution in [0, 0.1) is 11.8 Å². The SMILES string of the molecule is CCN(CC)C(=O)[C@@H](NC(=O)CC(C)C)C1CCN(C(=O)c2cccc(OC)c2)CC1. The van der Waals surface area contributed by atoms with Gasteiger partial charge in [-0.05, 0) is 56.7 Å². The van der Waals surface area contributed by atoms with Gasteiger partial charge in [-0.3, -0.25) is 14.4 Å². The fourth-order valence-electron chi connectivity index (χ4n) is 4.09. The van der Waals surface area contributed by atoms with E-state index in [1.54, 1.807) is 24.1 Å². The van der Waals surface area contributed by atoms with E-state index >= 15 is 0 Å². The maximum Gasteiger partial charge on any atom is 0.253 e. The summed E-state index contributed by atoms with van der Waals surface area (Å²) in [4.78, 5) is 42.1. The molecule has 1 N–H and O–H groups in total. The van der Waals surface area contributed by atoms with Crippen LogP contribution < -0.4 is 10.1 Å². The summed E-state index contributed by atoms with van der Waals surface area (Å²) >= 11 is 0. The summed E-state index contributed by atoms with van der Waals surface area (Å²) in [5.41, 5.74) is 0.596. The first-order valence-corrected chi connectivity index (χ1v) is 11.3. The number of hydrogen-bond donors (Lipinski definition) is 1. The van der Waals surface area contributed by atoms with Gasteiger partial charge in [0, 0.05) is 38.2 Å². The number of methoxy groups -OCH3 is 1. The highest BCUT2D eigenvalue weighted by Gasteiger charge is 2.35. The number of ether oxygens (including phenoxy) is 1. The van der Waals surface area contributed by atoms with Crippen LogP contribution in [0.25, 0.3) is 0 Å². The van der Waals surface area contributed by atoms with Crippen LogP contribution in [0.5, 0.6) is 5.75 Å². The third kappa shape index (κ3) is 6.71. The molecule has 1 heterocycles. The number of piperidine rings is 1. The molecule has 31 heavy (non-hydrogen) atoms. The Bertz CT molecular complexity index is 753. The Kier molecular flexibility index (Phi) is 9.34. The Morgan fingerprint density at radius 2 is 1.81 bits per heavy atom. The lowest BCUT2D eigenvalue weighted by molar-refractivity contribution is -0.138. The minimum atomic E-state index is -0.541. The fraction of sp³-hybridized carbons (Fsp3) is 0.625. The molecule has 0 saturated carbocycles. The highest BCUT2D eigenvalue weighted by molar-refractivity contribution is 5.94. The van der Waals surface area contributed by atoms with Crippen LogP contribution in [0.15, 0.2) is 24.3 Å². The Labute approximate surface area is 186 Å². The first-order chi connectivity index (χ1) is 14.8. The molecule has 1 aliphatic heterocycles. The van der Waals surface area contributed by atoms with Crippen molar-refractivity contribution >= 4 is 17.7 Å². The van der Waals surface area contributed by atoms with E-state index in [-0.39, 0.29) is 29.6 Å². The van der Waals surface area contributed by atoms with E-state index in [0.29, 0.717) is 56.8 Å². The van der Waals surface area contributed by atoms with Gasteiger partial charge in [-0.25, -0.2) is 0 Å². The third-order valence-corrected chi connectivity index (χ3v) is 5.87. The molecular weight excluding hydrogens is 394 g/mol. The van der Waals surface area contributed by atoms with Gasteiger partial charge in [0.15, 0.2) is 0 Å². The van der Waals surface area contributed by atoms with Crippen molar-refractivity contribution in [3.8, 4) is 5.75 Å². The van der Waals surface area contributed by atoms with Gasteiger partial charge >= 0.3 is 0 Å². The van der Waals surface area contributed by atoms with Gasteiger partial charge in [-0.2, -0.15) is 0 Å². The highest BCUT2D eigenvalue weighted by Crippen LogP contribution is 2.24. The van der Waals surface area contributed by atoms with Gasteiger partial charge in [0.2, 0.25) is 11.8 Å². The van der Waals surface area contributed by atoms with Crippen LogP contribution in [0.3, 0.4) is 0 Å². The molecule has 7 heteroatoms. The maximum absolute atomic E-state index is 13.2. The van der Waals surface area contributed by atoms with E-state index in [4.69, 9.17) is 4.74 Å². The molecule has 0 aromatic heterocycles. The van der Waals surface area contributed by atoms with Crippen molar-refractivity contribution in [2.24, 2.45) is 11.8 Å². The van der Waals surface area contributed by atoms with Gasteiger partial charge in [0.05, 0.1) is 7.11 Å².